The third kappa shape index (κ3) is 2.28. The Morgan fingerprint density at radius 2 is 1.81 bits per heavy atom. The lowest BCUT2D eigenvalue weighted by atomic mass is 10.2. The van der Waals surface area contributed by atoms with E-state index in [9.17, 15) is 5.11 Å². The Hall–Kier alpha value is -1.67. The van der Waals surface area contributed by atoms with Crippen LogP contribution in [0.2, 0.25) is 5.02 Å². The standard InChI is InChI=1S/C13H11ClO2/c1-9-7-12(15)13(8-11(9)14)16-10-5-3-2-4-6-10/h2-8,15H,1H3. The summed E-state index contributed by atoms with van der Waals surface area (Å²) in [6, 6.07) is 12.4. The zero-order chi connectivity index (χ0) is 11.5. The Morgan fingerprint density at radius 1 is 1.12 bits per heavy atom. The van der Waals surface area contributed by atoms with Crippen molar-refractivity contribution >= 4 is 11.6 Å². The number of benzene rings is 2. The minimum atomic E-state index is 0.0887. The molecule has 0 saturated heterocycles. The lowest BCUT2D eigenvalue weighted by molar-refractivity contribution is 0.411. The fourth-order valence-electron chi connectivity index (χ4n) is 1.35. The minimum Gasteiger partial charge on any atom is -0.504 e. The van der Waals surface area contributed by atoms with E-state index in [1.54, 1.807) is 12.1 Å². The van der Waals surface area contributed by atoms with Crippen LogP contribution in [-0.2, 0) is 0 Å². The molecule has 16 heavy (non-hydrogen) atoms. The van der Waals surface area contributed by atoms with Crippen LogP contribution < -0.4 is 4.74 Å². The molecule has 0 amide bonds. The summed E-state index contributed by atoms with van der Waals surface area (Å²) >= 11 is 5.96. The van der Waals surface area contributed by atoms with Crippen LogP contribution in [-0.4, -0.2) is 5.11 Å². The second-order valence-corrected chi connectivity index (χ2v) is 3.89. The van der Waals surface area contributed by atoms with Gasteiger partial charge in [-0.25, -0.2) is 0 Å². The van der Waals surface area contributed by atoms with E-state index in [-0.39, 0.29) is 5.75 Å². The van der Waals surface area contributed by atoms with Crippen LogP contribution in [0, 0.1) is 6.92 Å². The summed E-state index contributed by atoms with van der Waals surface area (Å²) < 4.78 is 5.51. The van der Waals surface area contributed by atoms with E-state index in [0.717, 1.165) is 5.56 Å². The molecular formula is C13H11ClO2. The molecule has 0 bridgehead atoms. The van der Waals surface area contributed by atoms with Gasteiger partial charge in [0.2, 0.25) is 0 Å². The first-order chi connectivity index (χ1) is 7.66. The summed E-state index contributed by atoms with van der Waals surface area (Å²) in [6.07, 6.45) is 0. The van der Waals surface area contributed by atoms with E-state index in [4.69, 9.17) is 16.3 Å². The summed E-state index contributed by atoms with van der Waals surface area (Å²) in [5, 5.41) is 10.3. The van der Waals surface area contributed by atoms with Crippen LogP contribution >= 0.6 is 11.6 Å². The summed E-state index contributed by atoms with van der Waals surface area (Å²) in [5.41, 5.74) is 0.819. The predicted octanol–water partition coefficient (Wildman–Crippen LogP) is 4.15. The number of phenolic OH excluding ortho intramolecular Hbond substituents is 1. The molecule has 0 aliphatic rings. The highest BCUT2D eigenvalue weighted by Crippen LogP contribution is 2.34. The molecule has 0 unspecified atom stereocenters. The molecule has 0 spiro atoms. The number of ether oxygens (including phenoxy) is 1. The van der Waals surface area contributed by atoms with Crippen molar-refractivity contribution in [3.05, 3.63) is 53.1 Å². The maximum atomic E-state index is 9.69. The first-order valence-corrected chi connectivity index (χ1v) is 5.26. The highest BCUT2D eigenvalue weighted by Gasteiger charge is 2.07. The van der Waals surface area contributed by atoms with Gasteiger partial charge in [-0.1, -0.05) is 29.8 Å². The summed E-state index contributed by atoms with van der Waals surface area (Å²) in [5.74, 6) is 1.12. The summed E-state index contributed by atoms with van der Waals surface area (Å²) in [7, 11) is 0. The second-order valence-electron chi connectivity index (χ2n) is 3.48. The topological polar surface area (TPSA) is 29.5 Å². The van der Waals surface area contributed by atoms with Gasteiger partial charge < -0.3 is 9.84 Å². The number of halogens is 1. The smallest absolute Gasteiger partial charge is 0.170 e. The number of para-hydroxylation sites is 1. The van der Waals surface area contributed by atoms with Crippen LogP contribution in [0.25, 0.3) is 0 Å². The van der Waals surface area contributed by atoms with Gasteiger partial charge in [-0.3, -0.25) is 0 Å². The Balaban J connectivity index is 2.32. The van der Waals surface area contributed by atoms with E-state index in [0.29, 0.717) is 16.5 Å². The quantitative estimate of drug-likeness (QED) is 0.846. The zero-order valence-corrected chi connectivity index (χ0v) is 9.53. The van der Waals surface area contributed by atoms with E-state index < -0.39 is 0 Å². The molecule has 0 aromatic heterocycles. The largest absolute Gasteiger partial charge is 0.504 e. The zero-order valence-electron chi connectivity index (χ0n) is 8.77. The van der Waals surface area contributed by atoms with Gasteiger partial charge in [0.05, 0.1) is 0 Å². The molecular weight excluding hydrogens is 224 g/mol. The fourth-order valence-corrected chi connectivity index (χ4v) is 1.50. The van der Waals surface area contributed by atoms with Gasteiger partial charge in [0.25, 0.3) is 0 Å². The molecule has 0 atom stereocenters. The van der Waals surface area contributed by atoms with Gasteiger partial charge >= 0.3 is 0 Å². The molecule has 0 saturated carbocycles. The van der Waals surface area contributed by atoms with Crippen LogP contribution in [0.4, 0.5) is 0 Å². The molecule has 2 aromatic carbocycles. The molecule has 1 N–H and O–H groups in total. The molecule has 2 aromatic rings. The lowest BCUT2D eigenvalue weighted by Crippen LogP contribution is -1.86. The molecule has 2 rings (SSSR count). The van der Waals surface area contributed by atoms with Crippen molar-refractivity contribution in [2.45, 2.75) is 6.92 Å². The molecule has 2 nitrogen and oxygen atoms in total. The van der Waals surface area contributed by atoms with Crippen molar-refractivity contribution in [3.8, 4) is 17.2 Å². The first-order valence-electron chi connectivity index (χ1n) is 4.89. The Kier molecular flexibility index (Phi) is 3.02. The minimum absolute atomic E-state index is 0.0887. The summed E-state index contributed by atoms with van der Waals surface area (Å²) in [4.78, 5) is 0. The number of aromatic hydroxyl groups is 1. The maximum absolute atomic E-state index is 9.69. The van der Waals surface area contributed by atoms with Gasteiger partial charge in [0, 0.05) is 11.1 Å². The Labute approximate surface area is 99.1 Å². The third-order valence-corrected chi connectivity index (χ3v) is 2.62. The van der Waals surface area contributed by atoms with Crippen LogP contribution in [0.1, 0.15) is 5.56 Å². The van der Waals surface area contributed by atoms with Crippen LogP contribution in [0.3, 0.4) is 0 Å². The molecule has 82 valence electrons. The van der Waals surface area contributed by atoms with Crippen molar-refractivity contribution < 1.29 is 9.84 Å². The highest BCUT2D eigenvalue weighted by atomic mass is 35.5. The lowest BCUT2D eigenvalue weighted by Gasteiger charge is -2.09. The van der Waals surface area contributed by atoms with Gasteiger partial charge in [-0.2, -0.15) is 0 Å². The third-order valence-electron chi connectivity index (χ3n) is 2.21. The Morgan fingerprint density at radius 3 is 2.50 bits per heavy atom. The molecule has 0 aliphatic heterocycles. The second kappa shape index (κ2) is 4.45. The number of hydrogen-bond donors (Lipinski definition) is 1. The average molecular weight is 235 g/mol. The van der Waals surface area contributed by atoms with Gasteiger partial charge in [0.15, 0.2) is 11.5 Å². The van der Waals surface area contributed by atoms with Gasteiger partial charge in [-0.15, -0.1) is 0 Å². The molecule has 0 radical (unpaired) electrons. The Bertz CT molecular complexity index is 495. The van der Waals surface area contributed by atoms with Crippen molar-refractivity contribution in [2.75, 3.05) is 0 Å². The van der Waals surface area contributed by atoms with Crippen molar-refractivity contribution in [1.82, 2.24) is 0 Å². The number of hydrogen-bond acceptors (Lipinski definition) is 2. The first kappa shape index (κ1) is 10.8. The summed E-state index contributed by atoms with van der Waals surface area (Å²) in [6.45, 7) is 1.83. The van der Waals surface area contributed by atoms with Crippen molar-refractivity contribution in [3.63, 3.8) is 0 Å². The van der Waals surface area contributed by atoms with Gasteiger partial charge in [-0.05, 0) is 30.7 Å². The maximum Gasteiger partial charge on any atom is 0.170 e. The van der Waals surface area contributed by atoms with E-state index in [2.05, 4.69) is 0 Å². The normalized spacial score (nSPS) is 10.1. The van der Waals surface area contributed by atoms with E-state index in [1.807, 2.05) is 37.3 Å². The van der Waals surface area contributed by atoms with E-state index in [1.165, 1.54) is 0 Å². The van der Waals surface area contributed by atoms with Crippen LogP contribution in [0.5, 0.6) is 17.2 Å². The SMILES string of the molecule is Cc1cc(O)c(Oc2ccccc2)cc1Cl. The van der Waals surface area contributed by atoms with Crippen molar-refractivity contribution in [1.29, 1.82) is 0 Å². The van der Waals surface area contributed by atoms with E-state index >= 15 is 0 Å². The molecule has 0 aliphatic carbocycles. The number of phenols is 1. The average Bonchev–Trinajstić information content (AvgIpc) is 2.27. The molecule has 0 fully saturated rings. The molecule has 3 heteroatoms. The fraction of sp³-hybridized carbons (Fsp3) is 0.0769. The number of aryl methyl sites for hydroxylation is 1. The highest BCUT2D eigenvalue weighted by molar-refractivity contribution is 6.31. The predicted molar refractivity (Wildman–Crippen MR) is 64.4 cm³/mol. The monoisotopic (exact) mass is 234 g/mol. The van der Waals surface area contributed by atoms with Gasteiger partial charge in [0.1, 0.15) is 5.75 Å². The molecule has 0 heterocycles. The van der Waals surface area contributed by atoms with Crippen LogP contribution in [0.15, 0.2) is 42.5 Å². The van der Waals surface area contributed by atoms with Crippen molar-refractivity contribution in [2.24, 2.45) is 0 Å². The number of rotatable bonds is 2.